The van der Waals surface area contributed by atoms with Gasteiger partial charge in [-0.1, -0.05) is 6.92 Å². The molecule has 1 aromatic heterocycles. The minimum Gasteiger partial charge on any atom is -0.470 e. The number of carbonyl (C=O) groups excluding carboxylic acids is 2. The summed E-state index contributed by atoms with van der Waals surface area (Å²) in [6.07, 6.45) is 3.80. The average molecular weight is 266 g/mol. The van der Waals surface area contributed by atoms with E-state index in [9.17, 15) is 9.59 Å². The Balaban J connectivity index is 2.09. The standard InChI is InChI=1S/C12H18N4O3/c1-3-10(14-8(2)17)11-12(18)13-7-16(15-11)9-4-5-19-6-9/h4-6,10-11,15H,3,7H2,1-2H3,(H,13,18)(H,14,17). The van der Waals surface area contributed by atoms with Crippen molar-refractivity contribution in [3.8, 4) is 0 Å². The van der Waals surface area contributed by atoms with Crippen LogP contribution in [0, 0.1) is 0 Å². The molecule has 7 nitrogen and oxygen atoms in total. The van der Waals surface area contributed by atoms with Crippen LogP contribution in [-0.2, 0) is 9.59 Å². The van der Waals surface area contributed by atoms with E-state index in [1.165, 1.54) is 6.92 Å². The summed E-state index contributed by atoms with van der Waals surface area (Å²) < 4.78 is 5.02. The van der Waals surface area contributed by atoms with Gasteiger partial charge in [-0.2, -0.15) is 0 Å². The van der Waals surface area contributed by atoms with Gasteiger partial charge in [-0.15, -0.1) is 0 Å². The van der Waals surface area contributed by atoms with E-state index in [0.29, 0.717) is 13.1 Å². The van der Waals surface area contributed by atoms with Crippen molar-refractivity contribution in [1.29, 1.82) is 0 Å². The van der Waals surface area contributed by atoms with Gasteiger partial charge in [-0.25, -0.2) is 5.43 Å². The summed E-state index contributed by atoms with van der Waals surface area (Å²) in [6.45, 7) is 3.72. The van der Waals surface area contributed by atoms with Crippen LogP contribution in [0.3, 0.4) is 0 Å². The molecule has 1 saturated heterocycles. The van der Waals surface area contributed by atoms with Gasteiger partial charge in [0.15, 0.2) is 0 Å². The van der Waals surface area contributed by atoms with E-state index in [2.05, 4.69) is 16.1 Å². The van der Waals surface area contributed by atoms with Gasteiger partial charge in [0, 0.05) is 13.0 Å². The SMILES string of the molecule is CCC(NC(C)=O)C1NN(c2ccoc2)CNC1=O. The van der Waals surface area contributed by atoms with Crippen molar-refractivity contribution in [1.82, 2.24) is 16.1 Å². The predicted molar refractivity (Wildman–Crippen MR) is 69.0 cm³/mol. The van der Waals surface area contributed by atoms with Crippen LogP contribution in [0.5, 0.6) is 0 Å². The first-order valence-corrected chi connectivity index (χ1v) is 6.22. The Morgan fingerprint density at radius 1 is 1.68 bits per heavy atom. The zero-order chi connectivity index (χ0) is 13.8. The first-order chi connectivity index (χ1) is 9.11. The monoisotopic (exact) mass is 266 g/mol. The van der Waals surface area contributed by atoms with E-state index in [4.69, 9.17) is 4.42 Å². The van der Waals surface area contributed by atoms with E-state index in [1.807, 2.05) is 6.92 Å². The zero-order valence-electron chi connectivity index (χ0n) is 11.0. The topological polar surface area (TPSA) is 86.6 Å². The Labute approximate surface area is 111 Å². The summed E-state index contributed by atoms with van der Waals surface area (Å²) in [6, 6.07) is 1.03. The quantitative estimate of drug-likeness (QED) is 0.712. The number of rotatable bonds is 4. The lowest BCUT2D eigenvalue weighted by Gasteiger charge is -2.37. The molecule has 0 saturated carbocycles. The zero-order valence-corrected chi connectivity index (χ0v) is 11.0. The molecular weight excluding hydrogens is 248 g/mol. The highest BCUT2D eigenvalue weighted by Gasteiger charge is 2.33. The molecule has 1 aliphatic heterocycles. The molecule has 1 aromatic rings. The van der Waals surface area contributed by atoms with Crippen molar-refractivity contribution in [2.24, 2.45) is 0 Å². The lowest BCUT2D eigenvalue weighted by molar-refractivity contribution is -0.126. The van der Waals surface area contributed by atoms with Gasteiger partial charge < -0.3 is 15.1 Å². The summed E-state index contributed by atoms with van der Waals surface area (Å²) in [7, 11) is 0. The molecule has 2 heterocycles. The normalized spacial score (nSPS) is 20.8. The third kappa shape index (κ3) is 3.05. The van der Waals surface area contributed by atoms with Crippen LogP contribution >= 0.6 is 0 Å². The van der Waals surface area contributed by atoms with Crippen molar-refractivity contribution in [3.05, 3.63) is 18.6 Å². The lowest BCUT2D eigenvalue weighted by atomic mass is 10.0. The van der Waals surface area contributed by atoms with Crippen LogP contribution < -0.4 is 21.1 Å². The fourth-order valence-corrected chi connectivity index (χ4v) is 2.07. The number of carbonyl (C=O) groups is 2. The molecule has 2 atom stereocenters. The number of nitrogens with zero attached hydrogens (tertiary/aromatic N) is 1. The fourth-order valence-electron chi connectivity index (χ4n) is 2.07. The molecule has 19 heavy (non-hydrogen) atoms. The molecule has 7 heteroatoms. The summed E-state index contributed by atoms with van der Waals surface area (Å²) in [5.74, 6) is -0.276. The molecule has 0 radical (unpaired) electrons. The van der Waals surface area contributed by atoms with Gasteiger partial charge in [0.05, 0.1) is 18.0 Å². The third-order valence-electron chi connectivity index (χ3n) is 3.04. The summed E-state index contributed by atoms with van der Waals surface area (Å²) >= 11 is 0. The largest absolute Gasteiger partial charge is 0.470 e. The molecular formula is C12H18N4O3. The maximum Gasteiger partial charge on any atom is 0.242 e. The van der Waals surface area contributed by atoms with E-state index in [-0.39, 0.29) is 17.9 Å². The van der Waals surface area contributed by atoms with Gasteiger partial charge in [0.1, 0.15) is 19.0 Å². The Morgan fingerprint density at radius 3 is 3.05 bits per heavy atom. The number of hydrogen-bond acceptors (Lipinski definition) is 5. The number of amides is 2. The molecule has 1 fully saturated rings. The molecule has 0 bridgehead atoms. The van der Waals surface area contributed by atoms with Crippen LogP contribution in [0.1, 0.15) is 20.3 Å². The Kier molecular flexibility index (Phi) is 4.06. The minimum absolute atomic E-state index is 0.125. The number of hydrogen-bond donors (Lipinski definition) is 3. The van der Waals surface area contributed by atoms with Gasteiger partial charge in [0.2, 0.25) is 11.8 Å². The first kappa shape index (κ1) is 13.4. The van der Waals surface area contributed by atoms with Gasteiger partial charge in [0.25, 0.3) is 0 Å². The first-order valence-electron chi connectivity index (χ1n) is 6.22. The van der Waals surface area contributed by atoms with Crippen LogP contribution in [0.15, 0.2) is 23.0 Å². The number of furan rings is 1. The number of hydrazine groups is 1. The van der Waals surface area contributed by atoms with Crippen molar-refractivity contribution < 1.29 is 14.0 Å². The average Bonchev–Trinajstić information content (AvgIpc) is 2.90. The van der Waals surface area contributed by atoms with Crippen LogP contribution in [0.25, 0.3) is 0 Å². The van der Waals surface area contributed by atoms with Crippen molar-refractivity contribution in [2.75, 3.05) is 11.7 Å². The fraction of sp³-hybridized carbons (Fsp3) is 0.500. The summed E-state index contributed by atoms with van der Waals surface area (Å²) in [5.41, 5.74) is 3.93. The highest BCUT2D eigenvalue weighted by Crippen LogP contribution is 2.15. The highest BCUT2D eigenvalue weighted by atomic mass is 16.3. The number of anilines is 1. The highest BCUT2D eigenvalue weighted by molar-refractivity contribution is 5.85. The van der Waals surface area contributed by atoms with E-state index in [1.54, 1.807) is 23.6 Å². The smallest absolute Gasteiger partial charge is 0.242 e. The van der Waals surface area contributed by atoms with Crippen LogP contribution in [0.2, 0.25) is 0 Å². The molecule has 3 N–H and O–H groups in total. The van der Waals surface area contributed by atoms with Crippen LogP contribution in [0.4, 0.5) is 5.69 Å². The Morgan fingerprint density at radius 2 is 2.47 bits per heavy atom. The molecule has 1 aliphatic rings. The molecule has 0 spiro atoms. The second-order valence-corrected chi connectivity index (χ2v) is 4.43. The summed E-state index contributed by atoms with van der Waals surface area (Å²) in [4.78, 5) is 23.1. The van der Waals surface area contributed by atoms with Gasteiger partial charge in [-0.05, 0) is 6.42 Å². The maximum absolute atomic E-state index is 11.9. The maximum atomic E-state index is 11.9. The molecule has 0 aromatic carbocycles. The molecule has 2 unspecified atom stereocenters. The van der Waals surface area contributed by atoms with Crippen LogP contribution in [-0.4, -0.2) is 30.6 Å². The van der Waals surface area contributed by atoms with Crippen molar-refractivity contribution in [3.63, 3.8) is 0 Å². The predicted octanol–water partition coefficient (Wildman–Crippen LogP) is -0.0388. The Hall–Kier alpha value is -2.02. The third-order valence-corrected chi connectivity index (χ3v) is 3.04. The Bertz CT molecular complexity index is 446. The molecule has 104 valence electrons. The van der Waals surface area contributed by atoms with Crippen molar-refractivity contribution >= 4 is 17.5 Å². The van der Waals surface area contributed by atoms with E-state index < -0.39 is 6.04 Å². The molecule has 2 rings (SSSR count). The van der Waals surface area contributed by atoms with E-state index in [0.717, 1.165) is 5.69 Å². The van der Waals surface area contributed by atoms with Gasteiger partial charge in [-0.3, -0.25) is 14.6 Å². The summed E-state index contributed by atoms with van der Waals surface area (Å²) in [5, 5.41) is 7.35. The van der Waals surface area contributed by atoms with Crippen molar-refractivity contribution in [2.45, 2.75) is 32.4 Å². The van der Waals surface area contributed by atoms with E-state index >= 15 is 0 Å². The molecule has 2 amide bonds. The molecule has 0 aliphatic carbocycles. The number of nitrogens with one attached hydrogen (secondary N) is 3. The lowest BCUT2D eigenvalue weighted by Crippen LogP contribution is -2.67. The second kappa shape index (κ2) is 5.75. The van der Waals surface area contributed by atoms with Gasteiger partial charge >= 0.3 is 0 Å². The second-order valence-electron chi connectivity index (χ2n) is 4.43. The minimum atomic E-state index is -0.502.